The molecule has 2 aliphatic carbocycles. The van der Waals surface area contributed by atoms with Crippen LogP contribution in [0.4, 0.5) is 0 Å². The minimum atomic E-state index is 0.0695. The standard InChI is InChI=1S/C16H21NO3S/c18-16(12-5-8-21-10-12)17-6-7-19-15-13(17)3-4-14(15)20-9-11-1-2-11/h5,8,10-11,13-15H,1-4,6-7,9H2/t13-,14+,15+/m0/s1. The molecule has 0 spiro atoms. The van der Waals surface area contributed by atoms with Gasteiger partial charge in [-0.2, -0.15) is 11.3 Å². The predicted octanol–water partition coefficient (Wildman–Crippen LogP) is 2.55. The molecule has 0 aromatic carbocycles. The SMILES string of the molecule is O=C(c1ccsc1)N1CCO[C@H]2[C@H](OCC3CC3)CC[C@@H]21. The summed E-state index contributed by atoms with van der Waals surface area (Å²) in [5.74, 6) is 0.925. The number of amides is 1. The molecule has 3 fully saturated rings. The van der Waals surface area contributed by atoms with Gasteiger partial charge in [0.05, 0.1) is 24.3 Å². The minimum absolute atomic E-state index is 0.0695. The quantitative estimate of drug-likeness (QED) is 0.858. The maximum Gasteiger partial charge on any atom is 0.255 e. The fourth-order valence-electron chi connectivity index (χ4n) is 3.44. The Labute approximate surface area is 129 Å². The summed E-state index contributed by atoms with van der Waals surface area (Å²) in [5.41, 5.74) is 0.808. The maximum absolute atomic E-state index is 12.6. The van der Waals surface area contributed by atoms with Crippen molar-refractivity contribution in [1.82, 2.24) is 4.90 Å². The summed E-state index contributed by atoms with van der Waals surface area (Å²) in [6.07, 6.45) is 4.87. The van der Waals surface area contributed by atoms with Crippen molar-refractivity contribution < 1.29 is 14.3 Å². The van der Waals surface area contributed by atoms with Gasteiger partial charge >= 0.3 is 0 Å². The van der Waals surface area contributed by atoms with Crippen molar-refractivity contribution in [3.05, 3.63) is 22.4 Å². The molecule has 3 aliphatic rings. The van der Waals surface area contributed by atoms with Crippen molar-refractivity contribution in [1.29, 1.82) is 0 Å². The van der Waals surface area contributed by atoms with Crippen LogP contribution in [0.5, 0.6) is 0 Å². The van der Waals surface area contributed by atoms with E-state index >= 15 is 0 Å². The molecular weight excluding hydrogens is 286 g/mol. The van der Waals surface area contributed by atoms with Crippen LogP contribution in [0.15, 0.2) is 16.8 Å². The molecule has 1 aliphatic heterocycles. The lowest BCUT2D eigenvalue weighted by Crippen LogP contribution is -2.53. The van der Waals surface area contributed by atoms with E-state index in [4.69, 9.17) is 9.47 Å². The second-order valence-electron chi connectivity index (χ2n) is 6.31. The first kappa shape index (κ1) is 13.7. The van der Waals surface area contributed by atoms with Gasteiger partial charge in [-0.1, -0.05) is 0 Å². The van der Waals surface area contributed by atoms with E-state index in [1.54, 1.807) is 11.3 Å². The molecule has 114 valence electrons. The number of hydrogen-bond acceptors (Lipinski definition) is 4. The number of fused-ring (bicyclic) bond motifs is 1. The van der Waals surface area contributed by atoms with Crippen LogP contribution in [0.3, 0.4) is 0 Å². The van der Waals surface area contributed by atoms with E-state index in [9.17, 15) is 4.79 Å². The van der Waals surface area contributed by atoms with E-state index in [-0.39, 0.29) is 24.2 Å². The lowest BCUT2D eigenvalue weighted by molar-refractivity contribution is -0.106. The molecule has 0 unspecified atom stereocenters. The number of rotatable bonds is 4. The molecule has 0 bridgehead atoms. The largest absolute Gasteiger partial charge is 0.375 e. The summed E-state index contributed by atoms with van der Waals surface area (Å²) >= 11 is 1.57. The summed E-state index contributed by atoms with van der Waals surface area (Å²) in [6, 6.07) is 2.10. The third-order valence-corrected chi connectivity index (χ3v) is 5.49. The normalized spacial score (nSPS) is 32.2. The Hall–Kier alpha value is -0.910. The Bertz CT molecular complexity index is 500. The van der Waals surface area contributed by atoms with Gasteiger partial charge in [0, 0.05) is 18.5 Å². The van der Waals surface area contributed by atoms with Crippen LogP contribution in [0.1, 0.15) is 36.0 Å². The molecule has 4 rings (SSSR count). The van der Waals surface area contributed by atoms with Crippen molar-refractivity contribution in [3.8, 4) is 0 Å². The fraction of sp³-hybridized carbons (Fsp3) is 0.688. The second kappa shape index (κ2) is 5.71. The van der Waals surface area contributed by atoms with Gasteiger partial charge in [0.25, 0.3) is 5.91 Å². The topological polar surface area (TPSA) is 38.8 Å². The van der Waals surface area contributed by atoms with Gasteiger partial charge in [-0.05, 0) is 43.0 Å². The smallest absolute Gasteiger partial charge is 0.255 e. The highest BCUT2D eigenvalue weighted by atomic mass is 32.1. The zero-order valence-corrected chi connectivity index (χ0v) is 12.9. The molecule has 1 aromatic rings. The van der Waals surface area contributed by atoms with Crippen molar-refractivity contribution in [2.75, 3.05) is 19.8 Å². The molecule has 2 saturated carbocycles. The average Bonchev–Trinajstić information content (AvgIpc) is 3.03. The molecule has 4 nitrogen and oxygen atoms in total. The zero-order chi connectivity index (χ0) is 14.2. The van der Waals surface area contributed by atoms with Crippen LogP contribution >= 0.6 is 11.3 Å². The molecule has 1 amide bonds. The Kier molecular flexibility index (Phi) is 3.73. The first-order chi connectivity index (χ1) is 10.3. The zero-order valence-electron chi connectivity index (χ0n) is 12.1. The predicted molar refractivity (Wildman–Crippen MR) is 80.6 cm³/mol. The number of carbonyl (C=O) groups excluding carboxylic acids is 1. The van der Waals surface area contributed by atoms with Gasteiger partial charge < -0.3 is 14.4 Å². The van der Waals surface area contributed by atoms with E-state index in [2.05, 4.69) is 0 Å². The molecule has 21 heavy (non-hydrogen) atoms. The number of nitrogens with zero attached hydrogens (tertiary/aromatic N) is 1. The molecule has 3 atom stereocenters. The van der Waals surface area contributed by atoms with Crippen LogP contribution in [0.25, 0.3) is 0 Å². The van der Waals surface area contributed by atoms with Crippen molar-refractivity contribution in [2.45, 2.75) is 43.9 Å². The molecular formula is C16H21NO3S. The van der Waals surface area contributed by atoms with Crippen molar-refractivity contribution in [3.63, 3.8) is 0 Å². The Morgan fingerprint density at radius 2 is 2.29 bits per heavy atom. The number of carbonyl (C=O) groups is 1. The molecule has 1 saturated heterocycles. The Morgan fingerprint density at radius 1 is 1.38 bits per heavy atom. The number of ether oxygens (including phenoxy) is 2. The number of morpholine rings is 1. The molecule has 0 radical (unpaired) electrons. The molecule has 5 heteroatoms. The van der Waals surface area contributed by atoms with E-state index in [0.29, 0.717) is 13.2 Å². The first-order valence-corrected chi connectivity index (χ1v) is 8.83. The van der Waals surface area contributed by atoms with Crippen molar-refractivity contribution >= 4 is 17.2 Å². The van der Waals surface area contributed by atoms with Gasteiger partial charge in [-0.25, -0.2) is 0 Å². The van der Waals surface area contributed by atoms with Crippen LogP contribution < -0.4 is 0 Å². The highest BCUT2D eigenvalue weighted by molar-refractivity contribution is 7.08. The van der Waals surface area contributed by atoms with Crippen LogP contribution in [0.2, 0.25) is 0 Å². The van der Waals surface area contributed by atoms with Crippen molar-refractivity contribution in [2.24, 2.45) is 5.92 Å². The highest BCUT2D eigenvalue weighted by Gasteiger charge is 2.45. The summed E-state index contributed by atoms with van der Waals surface area (Å²) in [7, 11) is 0. The van der Waals surface area contributed by atoms with Gasteiger partial charge in [-0.3, -0.25) is 4.79 Å². The van der Waals surface area contributed by atoms with Crippen LogP contribution in [-0.2, 0) is 9.47 Å². The van der Waals surface area contributed by atoms with Gasteiger partial charge in [0.2, 0.25) is 0 Å². The number of thiophene rings is 1. The number of hydrogen-bond donors (Lipinski definition) is 0. The Balaban J connectivity index is 1.44. The summed E-state index contributed by atoms with van der Waals surface area (Å²) in [4.78, 5) is 14.6. The van der Waals surface area contributed by atoms with E-state index in [1.165, 1.54) is 12.8 Å². The third-order valence-electron chi connectivity index (χ3n) is 4.81. The van der Waals surface area contributed by atoms with Gasteiger partial charge in [-0.15, -0.1) is 0 Å². The molecule has 0 N–H and O–H groups in total. The van der Waals surface area contributed by atoms with Gasteiger partial charge in [0.15, 0.2) is 0 Å². The first-order valence-electron chi connectivity index (χ1n) is 7.89. The fourth-order valence-corrected chi connectivity index (χ4v) is 4.07. The van der Waals surface area contributed by atoms with Crippen LogP contribution in [0, 0.1) is 5.92 Å². The lowest BCUT2D eigenvalue weighted by atomic mass is 10.1. The molecule has 1 aromatic heterocycles. The highest BCUT2D eigenvalue weighted by Crippen LogP contribution is 2.35. The van der Waals surface area contributed by atoms with E-state index < -0.39 is 0 Å². The second-order valence-corrected chi connectivity index (χ2v) is 7.09. The lowest BCUT2D eigenvalue weighted by Gasteiger charge is -2.39. The summed E-state index contributed by atoms with van der Waals surface area (Å²) < 4.78 is 12.0. The molecule has 2 heterocycles. The van der Waals surface area contributed by atoms with E-state index in [0.717, 1.165) is 30.9 Å². The maximum atomic E-state index is 12.6. The Morgan fingerprint density at radius 3 is 3.05 bits per heavy atom. The monoisotopic (exact) mass is 307 g/mol. The summed E-state index contributed by atoms with van der Waals surface area (Å²) in [6.45, 7) is 2.20. The van der Waals surface area contributed by atoms with E-state index in [1.807, 2.05) is 21.7 Å². The summed E-state index contributed by atoms with van der Waals surface area (Å²) in [5, 5.41) is 3.89. The van der Waals surface area contributed by atoms with Crippen LogP contribution in [-0.4, -0.2) is 48.8 Å². The average molecular weight is 307 g/mol. The minimum Gasteiger partial charge on any atom is -0.375 e. The third kappa shape index (κ3) is 2.74. The van der Waals surface area contributed by atoms with Gasteiger partial charge in [0.1, 0.15) is 6.10 Å².